The van der Waals surface area contributed by atoms with Crippen LogP contribution in [0.3, 0.4) is 0 Å². The third-order valence-electron chi connectivity index (χ3n) is 7.16. The van der Waals surface area contributed by atoms with E-state index in [0.717, 1.165) is 21.3 Å². The fraction of sp³-hybridized carbons (Fsp3) is 0.250. The van der Waals surface area contributed by atoms with Gasteiger partial charge in [0.1, 0.15) is 11.6 Å². The molecule has 3 aromatic heterocycles. The number of benzene rings is 2. The van der Waals surface area contributed by atoms with E-state index in [1.165, 1.54) is 31.5 Å². The molecule has 0 aliphatic carbocycles. The van der Waals surface area contributed by atoms with E-state index in [0.29, 0.717) is 11.5 Å². The van der Waals surface area contributed by atoms with E-state index in [-0.39, 0.29) is 51.2 Å². The van der Waals surface area contributed by atoms with E-state index in [4.69, 9.17) is 14.7 Å². The first-order valence-electron chi connectivity index (χ1n) is 13.6. The molecular formula is C32H32FN5O4S. The van der Waals surface area contributed by atoms with Gasteiger partial charge in [-0.3, -0.25) is 4.79 Å². The van der Waals surface area contributed by atoms with Gasteiger partial charge in [-0.25, -0.2) is 31.7 Å². The van der Waals surface area contributed by atoms with Crippen LogP contribution in [-0.4, -0.2) is 46.5 Å². The number of aryl methyl sites for hydroxylation is 1. The smallest absolute Gasteiger partial charge is 0.307 e. The normalized spacial score (nSPS) is 12.7. The Morgan fingerprint density at radius 3 is 2.40 bits per heavy atom. The van der Waals surface area contributed by atoms with Crippen LogP contribution in [-0.2, 0) is 19.6 Å². The number of rotatable bonds is 8. The van der Waals surface area contributed by atoms with E-state index in [1.807, 2.05) is 58.0 Å². The molecule has 0 saturated carbocycles. The van der Waals surface area contributed by atoms with Crippen molar-refractivity contribution in [3.8, 4) is 22.6 Å². The molecule has 9 nitrogen and oxygen atoms in total. The summed E-state index contributed by atoms with van der Waals surface area (Å²) in [4.78, 5) is 26.0. The number of hydrogen-bond donors (Lipinski definition) is 1. The Morgan fingerprint density at radius 2 is 1.74 bits per heavy atom. The van der Waals surface area contributed by atoms with Crippen molar-refractivity contribution in [3.63, 3.8) is 0 Å². The Bertz CT molecular complexity index is 1900. The van der Waals surface area contributed by atoms with Crippen LogP contribution in [0.5, 0.6) is 0 Å². The van der Waals surface area contributed by atoms with E-state index in [9.17, 15) is 17.6 Å². The monoisotopic (exact) mass is 601 g/mol. The van der Waals surface area contributed by atoms with Gasteiger partial charge in [0.25, 0.3) is 10.0 Å². The van der Waals surface area contributed by atoms with E-state index in [1.54, 1.807) is 18.2 Å². The second-order valence-electron chi connectivity index (χ2n) is 11.4. The summed E-state index contributed by atoms with van der Waals surface area (Å²) in [5.41, 5.74) is 2.19. The highest BCUT2D eigenvalue weighted by Gasteiger charge is 2.29. The molecule has 3 heterocycles. The molecule has 1 atom stereocenters. The zero-order valence-corrected chi connectivity index (χ0v) is 25.3. The summed E-state index contributed by atoms with van der Waals surface area (Å²) in [6.07, 6.45) is 2.43. The number of halogens is 1. The Hall–Kier alpha value is -4.64. The Morgan fingerprint density at radius 1 is 1.05 bits per heavy atom. The van der Waals surface area contributed by atoms with Crippen molar-refractivity contribution in [2.75, 3.05) is 12.4 Å². The Kier molecular flexibility index (Phi) is 8.02. The average molecular weight is 602 g/mol. The van der Waals surface area contributed by atoms with Gasteiger partial charge in [0.2, 0.25) is 0 Å². The molecule has 222 valence electrons. The van der Waals surface area contributed by atoms with Gasteiger partial charge in [0.05, 0.1) is 30.3 Å². The molecule has 2 aromatic carbocycles. The Balaban J connectivity index is 1.72. The fourth-order valence-electron chi connectivity index (χ4n) is 4.64. The van der Waals surface area contributed by atoms with Crippen LogP contribution in [0.4, 0.5) is 10.2 Å². The molecule has 0 fully saturated rings. The van der Waals surface area contributed by atoms with Crippen LogP contribution in [0.15, 0.2) is 84.0 Å². The third-order valence-corrected chi connectivity index (χ3v) is 8.82. The summed E-state index contributed by atoms with van der Waals surface area (Å²) in [6, 6.07) is 18.5. The Labute approximate surface area is 249 Å². The predicted molar refractivity (Wildman–Crippen MR) is 163 cm³/mol. The number of esters is 1. The number of aromatic nitrogens is 4. The number of pyridine rings is 1. The van der Waals surface area contributed by atoms with Crippen molar-refractivity contribution >= 4 is 32.8 Å². The highest BCUT2D eigenvalue weighted by molar-refractivity contribution is 7.90. The van der Waals surface area contributed by atoms with Crippen LogP contribution >= 0.6 is 0 Å². The summed E-state index contributed by atoms with van der Waals surface area (Å²) in [7, 11) is -2.76. The van der Waals surface area contributed by atoms with Crippen LogP contribution in [0.1, 0.15) is 32.8 Å². The highest BCUT2D eigenvalue weighted by Crippen LogP contribution is 2.34. The summed E-state index contributed by atoms with van der Waals surface area (Å²) >= 11 is 0. The molecule has 0 aliphatic rings. The van der Waals surface area contributed by atoms with Gasteiger partial charge in [-0.05, 0) is 30.5 Å². The van der Waals surface area contributed by atoms with Crippen LogP contribution in [0.2, 0.25) is 0 Å². The number of anilines is 1. The average Bonchev–Trinajstić information content (AvgIpc) is 3.36. The second-order valence-corrected chi connectivity index (χ2v) is 13.2. The lowest BCUT2D eigenvalue weighted by molar-refractivity contribution is -0.141. The van der Waals surface area contributed by atoms with E-state index in [2.05, 4.69) is 10.3 Å². The minimum Gasteiger partial charge on any atom is -0.469 e. The van der Waals surface area contributed by atoms with Crippen molar-refractivity contribution in [3.05, 3.63) is 90.5 Å². The fourth-order valence-corrected chi connectivity index (χ4v) is 5.96. The predicted octanol–water partition coefficient (Wildman–Crippen LogP) is 6.23. The van der Waals surface area contributed by atoms with Crippen molar-refractivity contribution in [1.82, 2.24) is 18.9 Å². The van der Waals surface area contributed by atoms with Crippen molar-refractivity contribution < 1.29 is 22.3 Å². The molecule has 0 amide bonds. The topological polar surface area (TPSA) is 116 Å². The molecule has 0 bridgehead atoms. The number of methoxy groups -OCH3 is 1. The molecule has 5 aromatic rings. The molecular weight excluding hydrogens is 569 g/mol. The molecule has 0 aliphatic heterocycles. The maximum atomic E-state index is 14.6. The maximum absolute atomic E-state index is 14.6. The lowest BCUT2D eigenvalue weighted by Crippen LogP contribution is -2.36. The highest BCUT2D eigenvalue weighted by atomic mass is 32.2. The minimum absolute atomic E-state index is 0.0402. The number of hydrogen-bond acceptors (Lipinski definition) is 8. The van der Waals surface area contributed by atoms with Gasteiger partial charge in [0.15, 0.2) is 11.5 Å². The number of carbonyl (C=O) groups is 1. The molecule has 11 heteroatoms. The standard InChI is InChI=1S/C32H32FN5O4S/c1-20-11-13-23(14-12-20)43(40,41)38-19-25(24-15-22(33)18-34-31(24)38)30-35-26(21-9-7-6-8-10-21)16-28(37-30)36-27(32(2,3)4)17-29(39)42-5/h6-16,18-19,27H,17H2,1-5H3,(H,35,36,37). The van der Waals surface area contributed by atoms with Gasteiger partial charge in [-0.2, -0.15) is 0 Å². The summed E-state index contributed by atoms with van der Waals surface area (Å²) < 4.78 is 48.0. The molecule has 1 N–H and O–H groups in total. The van der Waals surface area contributed by atoms with Gasteiger partial charge < -0.3 is 10.1 Å². The first-order valence-corrected chi connectivity index (χ1v) is 15.1. The van der Waals surface area contributed by atoms with Crippen LogP contribution < -0.4 is 5.32 Å². The number of carbonyl (C=O) groups excluding carboxylic acids is 1. The summed E-state index contributed by atoms with van der Waals surface area (Å²) in [6.45, 7) is 7.84. The molecule has 0 saturated heterocycles. The van der Waals surface area contributed by atoms with Crippen LogP contribution in [0, 0.1) is 18.2 Å². The number of nitrogens with one attached hydrogen (secondary N) is 1. The molecule has 0 radical (unpaired) electrons. The number of fused-ring (bicyclic) bond motifs is 1. The van der Waals surface area contributed by atoms with Crippen LogP contribution in [0.25, 0.3) is 33.7 Å². The van der Waals surface area contributed by atoms with Crippen molar-refractivity contribution in [2.24, 2.45) is 5.41 Å². The van der Waals surface area contributed by atoms with E-state index >= 15 is 0 Å². The SMILES string of the molecule is COC(=O)CC(Nc1cc(-c2ccccc2)nc(-c2cn(S(=O)(=O)c3ccc(C)cc3)c3ncc(F)cc23)n1)C(C)(C)C. The molecule has 5 rings (SSSR count). The molecule has 0 spiro atoms. The lowest BCUT2D eigenvalue weighted by atomic mass is 9.84. The number of nitrogens with zero attached hydrogens (tertiary/aromatic N) is 4. The molecule has 43 heavy (non-hydrogen) atoms. The second kappa shape index (κ2) is 11.6. The maximum Gasteiger partial charge on any atom is 0.307 e. The number of ether oxygens (including phenoxy) is 1. The summed E-state index contributed by atoms with van der Waals surface area (Å²) in [5, 5.41) is 3.60. The van der Waals surface area contributed by atoms with Gasteiger partial charge in [-0.15, -0.1) is 0 Å². The lowest BCUT2D eigenvalue weighted by Gasteiger charge is -2.31. The first kappa shape index (κ1) is 29.8. The summed E-state index contributed by atoms with van der Waals surface area (Å²) in [5.74, 6) is -0.456. The largest absolute Gasteiger partial charge is 0.469 e. The quantitative estimate of drug-likeness (QED) is 0.208. The first-order chi connectivity index (χ1) is 20.4. The van der Waals surface area contributed by atoms with Crippen molar-refractivity contribution in [2.45, 2.75) is 45.1 Å². The van der Waals surface area contributed by atoms with Crippen molar-refractivity contribution in [1.29, 1.82) is 0 Å². The van der Waals surface area contributed by atoms with E-state index < -0.39 is 15.8 Å². The minimum atomic E-state index is -4.10. The van der Waals surface area contributed by atoms with Gasteiger partial charge in [0, 0.05) is 34.8 Å². The van der Waals surface area contributed by atoms with Gasteiger partial charge >= 0.3 is 5.97 Å². The third kappa shape index (κ3) is 6.26. The zero-order valence-electron chi connectivity index (χ0n) is 24.5. The van der Waals surface area contributed by atoms with Gasteiger partial charge in [-0.1, -0.05) is 68.8 Å². The zero-order chi connectivity index (χ0) is 30.9. The molecule has 1 unspecified atom stereocenters.